The van der Waals surface area contributed by atoms with Crippen LogP contribution in [-0.2, 0) is 0 Å². The van der Waals surface area contributed by atoms with E-state index in [4.69, 9.17) is 19.4 Å². The summed E-state index contributed by atoms with van der Waals surface area (Å²) in [6, 6.07) is 3.88. The summed E-state index contributed by atoms with van der Waals surface area (Å²) in [6.07, 6.45) is 5.19. The van der Waals surface area contributed by atoms with Crippen LogP contribution in [0.25, 0.3) is 10.9 Å². The Morgan fingerprint density at radius 3 is 2.25 bits per heavy atom. The number of hydrogen-bond donors (Lipinski definition) is 0. The molecule has 0 N–H and O–H groups in total. The molecule has 6 heteroatoms. The molecule has 156 valence electrons. The van der Waals surface area contributed by atoms with E-state index in [-0.39, 0.29) is 0 Å². The van der Waals surface area contributed by atoms with Crippen molar-refractivity contribution in [2.45, 2.75) is 46.5 Å². The van der Waals surface area contributed by atoms with Gasteiger partial charge in [-0.3, -0.25) is 0 Å². The highest BCUT2D eigenvalue weighted by Gasteiger charge is 2.14. The van der Waals surface area contributed by atoms with E-state index in [0.29, 0.717) is 11.5 Å². The van der Waals surface area contributed by atoms with Gasteiger partial charge >= 0.3 is 0 Å². The van der Waals surface area contributed by atoms with Crippen molar-refractivity contribution in [2.75, 3.05) is 52.3 Å². The number of likely N-dealkylation sites (N-methyl/N-ethyl adjacent to an activating group) is 2. The standard InChI is InChI=1S/C22H36N4O2/c1-7-9-10-11-12-25(4)13-14-26(8-2)22-23-17(3)18-15-20(27-5)21(28-6)16-19(18)24-22/h15-16H,7-14H2,1-6H3. The van der Waals surface area contributed by atoms with Gasteiger partial charge < -0.3 is 19.3 Å². The molecule has 0 fully saturated rings. The van der Waals surface area contributed by atoms with Crippen molar-refractivity contribution in [3.63, 3.8) is 0 Å². The van der Waals surface area contributed by atoms with E-state index >= 15 is 0 Å². The molecule has 1 heterocycles. The summed E-state index contributed by atoms with van der Waals surface area (Å²) in [5.41, 5.74) is 1.83. The van der Waals surface area contributed by atoms with Crippen molar-refractivity contribution in [3.8, 4) is 11.5 Å². The molecule has 0 atom stereocenters. The molecule has 0 saturated heterocycles. The van der Waals surface area contributed by atoms with Gasteiger partial charge in [-0.25, -0.2) is 9.97 Å². The molecule has 2 aromatic rings. The summed E-state index contributed by atoms with van der Waals surface area (Å²) in [7, 11) is 5.49. The molecule has 1 aromatic carbocycles. The number of aryl methyl sites for hydroxylation is 1. The quantitative estimate of drug-likeness (QED) is 0.506. The van der Waals surface area contributed by atoms with Crippen LogP contribution in [0.1, 0.15) is 45.2 Å². The zero-order valence-electron chi connectivity index (χ0n) is 18.4. The Bertz CT molecular complexity index is 751. The van der Waals surface area contributed by atoms with Crippen LogP contribution in [0.3, 0.4) is 0 Å². The van der Waals surface area contributed by atoms with Crippen molar-refractivity contribution in [2.24, 2.45) is 0 Å². The predicted molar refractivity (Wildman–Crippen MR) is 117 cm³/mol. The highest BCUT2D eigenvalue weighted by molar-refractivity contribution is 5.85. The molecule has 0 bridgehead atoms. The third-order valence-electron chi connectivity index (χ3n) is 5.19. The zero-order valence-corrected chi connectivity index (χ0v) is 18.4. The summed E-state index contributed by atoms with van der Waals surface area (Å²) < 4.78 is 10.9. The Morgan fingerprint density at radius 2 is 1.61 bits per heavy atom. The highest BCUT2D eigenvalue weighted by Crippen LogP contribution is 2.33. The monoisotopic (exact) mass is 388 g/mol. The van der Waals surface area contributed by atoms with Gasteiger partial charge in [0.2, 0.25) is 5.95 Å². The lowest BCUT2D eigenvalue weighted by Crippen LogP contribution is -2.34. The fraction of sp³-hybridized carbons (Fsp3) is 0.636. The lowest BCUT2D eigenvalue weighted by atomic mass is 10.1. The fourth-order valence-electron chi connectivity index (χ4n) is 3.35. The summed E-state index contributed by atoms with van der Waals surface area (Å²) in [6.45, 7) is 10.4. The smallest absolute Gasteiger partial charge is 0.226 e. The molecule has 0 spiro atoms. The minimum atomic E-state index is 0.689. The van der Waals surface area contributed by atoms with Gasteiger partial charge in [0.25, 0.3) is 0 Å². The minimum absolute atomic E-state index is 0.689. The van der Waals surface area contributed by atoms with Crippen LogP contribution in [0.2, 0.25) is 0 Å². The van der Waals surface area contributed by atoms with Crippen molar-refractivity contribution in [3.05, 3.63) is 17.8 Å². The Hall–Kier alpha value is -2.08. The van der Waals surface area contributed by atoms with Gasteiger partial charge in [-0.2, -0.15) is 0 Å². The van der Waals surface area contributed by atoms with Crippen molar-refractivity contribution < 1.29 is 9.47 Å². The van der Waals surface area contributed by atoms with Crippen LogP contribution >= 0.6 is 0 Å². The number of nitrogens with zero attached hydrogens (tertiary/aromatic N) is 4. The molecule has 0 aliphatic heterocycles. The molecule has 1 aromatic heterocycles. The largest absolute Gasteiger partial charge is 0.493 e. The van der Waals surface area contributed by atoms with Gasteiger partial charge in [-0.15, -0.1) is 0 Å². The van der Waals surface area contributed by atoms with Gasteiger partial charge in [0.1, 0.15) is 0 Å². The van der Waals surface area contributed by atoms with E-state index in [9.17, 15) is 0 Å². The average molecular weight is 389 g/mol. The number of benzene rings is 1. The Morgan fingerprint density at radius 1 is 0.893 bits per heavy atom. The number of unbranched alkanes of at least 4 members (excludes halogenated alkanes) is 3. The SMILES string of the molecule is CCCCCCN(C)CCN(CC)c1nc(C)c2cc(OC)c(OC)cc2n1. The lowest BCUT2D eigenvalue weighted by Gasteiger charge is -2.25. The van der Waals surface area contributed by atoms with Gasteiger partial charge in [-0.1, -0.05) is 26.2 Å². The van der Waals surface area contributed by atoms with Crippen LogP contribution in [0.15, 0.2) is 12.1 Å². The van der Waals surface area contributed by atoms with Gasteiger partial charge in [0.15, 0.2) is 11.5 Å². The predicted octanol–water partition coefficient (Wildman–Crippen LogP) is 4.29. The summed E-state index contributed by atoms with van der Waals surface area (Å²) in [5.74, 6) is 2.17. The summed E-state index contributed by atoms with van der Waals surface area (Å²) in [4.78, 5) is 14.2. The summed E-state index contributed by atoms with van der Waals surface area (Å²) in [5, 5.41) is 0.991. The van der Waals surface area contributed by atoms with Crippen molar-refractivity contribution >= 4 is 16.9 Å². The molecule has 2 rings (SSSR count). The molecular weight excluding hydrogens is 352 g/mol. The van der Waals surface area contributed by atoms with Crippen LogP contribution in [-0.4, -0.2) is 62.3 Å². The van der Waals surface area contributed by atoms with Crippen molar-refractivity contribution in [1.82, 2.24) is 14.9 Å². The molecule has 0 unspecified atom stereocenters. The van der Waals surface area contributed by atoms with Crippen LogP contribution < -0.4 is 14.4 Å². The second kappa shape index (κ2) is 11.1. The van der Waals surface area contributed by atoms with Gasteiger partial charge in [-0.05, 0) is 39.9 Å². The molecule has 0 saturated carbocycles. The number of hydrogen-bond acceptors (Lipinski definition) is 6. The molecule has 28 heavy (non-hydrogen) atoms. The zero-order chi connectivity index (χ0) is 20.5. The molecular formula is C22H36N4O2. The molecule has 0 radical (unpaired) electrons. The summed E-state index contributed by atoms with van der Waals surface area (Å²) >= 11 is 0. The normalized spacial score (nSPS) is 11.2. The molecule has 6 nitrogen and oxygen atoms in total. The highest BCUT2D eigenvalue weighted by atomic mass is 16.5. The van der Waals surface area contributed by atoms with Crippen LogP contribution in [0, 0.1) is 6.92 Å². The van der Waals surface area contributed by atoms with E-state index in [0.717, 1.165) is 48.7 Å². The first kappa shape index (κ1) is 22.2. The molecule has 0 aliphatic carbocycles. The maximum Gasteiger partial charge on any atom is 0.226 e. The van der Waals surface area contributed by atoms with E-state index in [1.807, 2.05) is 19.1 Å². The number of methoxy groups -OCH3 is 2. The maximum atomic E-state index is 5.44. The second-order valence-corrected chi connectivity index (χ2v) is 7.28. The second-order valence-electron chi connectivity index (χ2n) is 7.28. The van der Waals surface area contributed by atoms with E-state index in [1.54, 1.807) is 14.2 Å². The number of aromatic nitrogens is 2. The maximum absolute atomic E-state index is 5.44. The molecule has 0 amide bonds. The van der Waals surface area contributed by atoms with Gasteiger partial charge in [0.05, 0.1) is 25.4 Å². The topological polar surface area (TPSA) is 50.7 Å². The Balaban J connectivity index is 2.13. The number of fused-ring (bicyclic) bond motifs is 1. The average Bonchev–Trinajstić information content (AvgIpc) is 2.70. The third kappa shape index (κ3) is 5.71. The first-order valence-electron chi connectivity index (χ1n) is 10.4. The van der Waals surface area contributed by atoms with Crippen molar-refractivity contribution in [1.29, 1.82) is 0 Å². The van der Waals surface area contributed by atoms with Gasteiger partial charge in [0, 0.05) is 31.1 Å². The van der Waals surface area contributed by atoms with E-state index < -0.39 is 0 Å². The Labute approximate surface area is 169 Å². The number of ether oxygens (including phenoxy) is 2. The first-order valence-corrected chi connectivity index (χ1v) is 10.4. The van der Waals surface area contributed by atoms with Crippen LogP contribution in [0.4, 0.5) is 5.95 Å². The van der Waals surface area contributed by atoms with E-state index in [2.05, 4.69) is 30.7 Å². The Kier molecular flexibility index (Phi) is 8.77. The lowest BCUT2D eigenvalue weighted by molar-refractivity contribution is 0.329. The minimum Gasteiger partial charge on any atom is -0.493 e. The number of rotatable bonds is 12. The first-order chi connectivity index (χ1) is 13.5. The fourth-order valence-corrected chi connectivity index (χ4v) is 3.35. The van der Waals surface area contributed by atoms with E-state index in [1.165, 1.54) is 25.7 Å². The number of anilines is 1. The third-order valence-corrected chi connectivity index (χ3v) is 5.19. The molecule has 0 aliphatic rings. The van der Waals surface area contributed by atoms with Crippen LogP contribution in [0.5, 0.6) is 11.5 Å².